The second-order valence-corrected chi connectivity index (χ2v) is 1.94. The molecule has 4 N–H and O–H groups in total. The van der Waals surface area contributed by atoms with Gasteiger partial charge in [0.1, 0.15) is 0 Å². The highest BCUT2D eigenvalue weighted by Crippen LogP contribution is 1.95. The summed E-state index contributed by atoms with van der Waals surface area (Å²) in [5.74, 6) is 0. The monoisotopic (exact) mass is 142 g/mol. The highest BCUT2D eigenvalue weighted by atomic mass is 16.3. The van der Waals surface area contributed by atoms with Gasteiger partial charge < -0.3 is 20.8 Å². The molecule has 4 heteroatoms. The summed E-state index contributed by atoms with van der Waals surface area (Å²) < 4.78 is 0. The van der Waals surface area contributed by atoms with Crippen molar-refractivity contribution in [3.8, 4) is 0 Å². The maximum atomic E-state index is 8.59. The van der Waals surface area contributed by atoms with Crippen LogP contribution < -0.4 is 10.6 Å². The maximum Gasteiger partial charge on any atom is 0.0845 e. The Kier molecular flexibility index (Phi) is 2.30. The first-order chi connectivity index (χ1) is 4.86. The molecule has 0 saturated carbocycles. The van der Waals surface area contributed by atoms with E-state index < -0.39 is 0 Å². The van der Waals surface area contributed by atoms with Crippen molar-refractivity contribution in [2.45, 2.75) is 0 Å². The second kappa shape index (κ2) is 3.24. The summed E-state index contributed by atoms with van der Waals surface area (Å²) in [7, 11) is 0. The molecule has 10 heavy (non-hydrogen) atoms. The van der Waals surface area contributed by atoms with Crippen molar-refractivity contribution in [1.29, 1.82) is 0 Å². The van der Waals surface area contributed by atoms with E-state index in [0.717, 1.165) is 0 Å². The largest absolute Gasteiger partial charge is 0.390 e. The standard InChI is InChI=1S/C6H10N2O2/c9-3-5-1-7-6(4-10)2-8-5/h1-2,7-10H,3-4H2. The van der Waals surface area contributed by atoms with Gasteiger partial charge in [0.15, 0.2) is 0 Å². The Hall–Kier alpha value is -1.00. The Balaban J connectivity index is 2.45. The van der Waals surface area contributed by atoms with Gasteiger partial charge in [-0.25, -0.2) is 0 Å². The molecule has 1 heterocycles. The van der Waals surface area contributed by atoms with Gasteiger partial charge in [-0.3, -0.25) is 0 Å². The molecule has 0 unspecified atom stereocenters. The normalized spacial score (nSPS) is 16.6. The molecule has 0 atom stereocenters. The van der Waals surface area contributed by atoms with Crippen LogP contribution in [0.2, 0.25) is 0 Å². The summed E-state index contributed by atoms with van der Waals surface area (Å²) in [4.78, 5) is 0. The molecule has 1 aliphatic heterocycles. The minimum Gasteiger partial charge on any atom is -0.390 e. The summed E-state index contributed by atoms with van der Waals surface area (Å²) in [6.45, 7) is -0.0512. The first-order valence-corrected chi connectivity index (χ1v) is 2.99. The minimum atomic E-state index is -0.0256. The third kappa shape index (κ3) is 1.49. The van der Waals surface area contributed by atoms with Gasteiger partial charge in [0, 0.05) is 12.4 Å². The predicted octanol–water partition coefficient (Wildman–Crippen LogP) is -1.15. The molecule has 56 valence electrons. The van der Waals surface area contributed by atoms with Gasteiger partial charge in [0.05, 0.1) is 24.6 Å². The van der Waals surface area contributed by atoms with Gasteiger partial charge in [-0.2, -0.15) is 0 Å². The van der Waals surface area contributed by atoms with E-state index >= 15 is 0 Å². The second-order valence-electron chi connectivity index (χ2n) is 1.94. The quantitative estimate of drug-likeness (QED) is 0.393. The first-order valence-electron chi connectivity index (χ1n) is 2.99. The topological polar surface area (TPSA) is 64.5 Å². The number of rotatable bonds is 2. The van der Waals surface area contributed by atoms with Crippen LogP contribution in [-0.4, -0.2) is 23.4 Å². The van der Waals surface area contributed by atoms with Crippen molar-refractivity contribution < 1.29 is 10.2 Å². The molecule has 1 aliphatic rings. The van der Waals surface area contributed by atoms with E-state index in [1.807, 2.05) is 0 Å². The van der Waals surface area contributed by atoms with E-state index in [2.05, 4.69) is 10.6 Å². The Morgan fingerprint density at radius 2 is 1.40 bits per heavy atom. The molecule has 0 aromatic heterocycles. The minimum absolute atomic E-state index is 0.0256. The third-order valence-corrected chi connectivity index (χ3v) is 1.20. The van der Waals surface area contributed by atoms with Crippen molar-refractivity contribution in [2.24, 2.45) is 0 Å². The smallest absolute Gasteiger partial charge is 0.0845 e. The summed E-state index contributed by atoms with van der Waals surface area (Å²) >= 11 is 0. The molecular weight excluding hydrogens is 132 g/mol. The van der Waals surface area contributed by atoms with Gasteiger partial charge in [-0.15, -0.1) is 0 Å². The Bertz CT molecular complexity index is 155. The van der Waals surface area contributed by atoms with E-state index in [4.69, 9.17) is 10.2 Å². The molecule has 0 fully saturated rings. The molecule has 0 saturated heterocycles. The van der Waals surface area contributed by atoms with Gasteiger partial charge in [-0.05, 0) is 0 Å². The zero-order valence-electron chi connectivity index (χ0n) is 5.46. The average Bonchev–Trinajstić information content (AvgIpc) is 2.05. The van der Waals surface area contributed by atoms with E-state index in [1.165, 1.54) is 0 Å². The molecule has 0 radical (unpaired) electrons. The Morgan fingerprint density at radius 1 is 1.00 bits per heavy atom. The molecular formula is C6H10N2O2. The molecule has 0 aliphatic carbocycles. The lowest BCUT2D eigenvalue weighted by atomic mass is 10.4. The molecule has 0 aromatic carbocycles. The number of nitrogens with one attached hydrogen (secondary N) is 2. The fraction of sp³-hybridized carbons (Fsp3) is 0.333. The van der Waals surface area contributed by atoms with E-state index in [1.54, 1.807) is 12.4 Å². The summed E-state index contributed by atoms with van der Waals surface area (Å²) in [6.07, 6.45) is 3.23. The van der Waals surface area contributed by atoms with Crippen LogP contribution in [0.4, 0.5) is 0 Å². The number of aliphatic hydroxyl groups is 2. The van der Waals surface area contributed by atoms with Crippen LogP contribution >= 0.6 is 0 Å². The Morgan fingerprint density at radius 3 is 1.60 bits per heavy atom. The molecule has 0 spiro atoms. The van der Waals surface area contributed by atoms with Crippen molar-refractivity contribution in [2.75, 3.05) is 13.2 Å². The highest BCUT2D eigenvalue weighted by molar-refractivity contribution is 5.15. The summed E-state index contributed by atoms with van der Waals surface area (Å²) in [6, 6.07) is 0. The van der Waals surface area contributed by atoms with Crippen LogP contribution in [0, 0.1) is 0 Å². The average molecular weight is 142 g/mol. The van der Waals surface area contributed by atoms with Crippen LogP contribution in [0.25, 0.3) is 0 Å². The third-order valence-electron chi connectivity index (χ3n) is 1.20. The fourth-order valence-electron chi connectivity index (χ4n) is 0.626. The number of hydrogen-bond donors (Lipinski definition) is 4. The van der Waals surface area contributed by atoms with Crippen molar-refractivity contribution in [3.05, 3.63) is 23.8 Å². The van der Waals surface area contributed by atoms with Crippen LogP contribution in [-0.2, 0) is 0 Å². The lowest BCUT2D eigenvalue weighted by molar-refractivity contribution is 0.313. The van der Waals surface area contributed by atoms with E-state index in [0.29, 0.717) is 11.4 Å². The predicted molar refractivity (Wildman–Crippen MR) is 36.6 cm³/mol. The fourth-order valence-corrected chi connectivity index (χ4v) is 0.626. The van der Waals surface area contributed by atoms with Gasteiger partial charge in [0.25, 0.3) is 0 Å². The van der Waals surface area contributed by atoms with Gasteiger partial charge >= 0.3 is 0 Å². The van der Waals surface area contributed by atoms with Crippen molar-refractivity contribution in [1.82, 2.24) is 10.6 Å². The molecule has 0 amide bonds. The van der Waals surface area contributed by atoms with E-state index in [9.17, 15) is 0 Å². The molecule has 1 rings (SSSR count). The maximum absolute atomic E-state index is 8.59. The lowest BCUT2D eigenvalue weighted by Gasteiger charge is -2.13. The summed E-state index contributed by atoms with van der Waals surface area (Å²) in [5, 5.41) is 22.8. The zero-order valence-corrected chi connectivity index (χ0v) is 5.46. The number of hydrogen-bond acceptors (Lipinski definition) is 4. The Labute approximate surface area is 58.9 Å². The van der Waals surface area contributed by atoms with Crippen molar-refractivity contribution in [3.63, 3.8) is 0 Å². The summed E-state index contributed by atoms with van der Waals surface area (Å²) in [5.41, 5.74) is 1.38. The number of aliphatic hydroxyl groups excluding tert-OH is 2. The van der Waals surface area contributed by atoms with Crippen LogP contribution in [0.5, 0.6) is 0 Å². The SMILES string of the molecule is OCC1=CNC(CO)=CN1. The molecule has 0 bridgehead atoms. The highest BCUT2D eigenvalue weighted by Gasteiger charge is 1.99. The first kappa shape index (κ1) is 7.11. The van der Waals surface area contributed by atoms with Crippen LogP contribution in [0.1, 0.15) is 0 Å². The molecule has 0 aromatic rings. The van der Waals surface area contributed by atoms with E-state index in [-0.39, 0.29) is 13.2 Å². The zero-order chi connectivity index (χ0) is 7.40. The van der Waals surface area contributed by atoms with Crippen LogP contribution in [0.3, 0.4) is 0 Å². The molecule has 4 nitrogen and oxygen atoms in total. The lowest BCUT2D eigenvalue weighted by Crippen LogP contribution is -2.23. The van der Waals surface area contributed by atoms with Crippen molar-refractivity contribution >= 4 is 0 Å². The van der Waals surface area contributed by atoms with Crippen LogP contribution in [0.15, 0.2) is 23.8 Å². The van der Waals surface area contributed by atoms with Gasteiger partial charge in [-0.1, -0.05) is 0 Å². The van der Waals surface area contributed by atoms with Gasteiger partial charge in [0.2, 0.25) is 0 Å².